The molecule has 0 bridgehead atoms. The largest absolute Gasteiger partial charge is 0.478 e. The van der Waals surface area contributed by atoms with Crippen molar-refractivity contribution >= 4 is 22.6 Å². The summed E-state index contributed by atoms with van der Waals surface area (Å²) in [5.41, 5.74) is 0. The lowest BCUT2D eigenvalue weighted by atomic mass is 10.5. The van der Waals surface area contributed by atoms with Crippen LogP contribution in [-0.2, 0) is 0 Å². The van der Waals surface area contributed by atoms with Gasteiger partial charge in [-0.05, 0) is 29.5 Å². The van der Waals surface area contributed by atoms with Crippen LogP contribution in [0, 0.1) is 9.39 Å². The summed E-state index contributed by atoms with van der Waals surface area (Å²) in [6, 6.07) is 1.57. The molecule has 0 fully saturated rings. The maximum Gasteiger partial charge on any atom is 0.214 e. The van der Waals surface area contributed by atoms with Gasteiger partial charge >= 0.3 is 0 Å². The molecule has 1 aromatic rings. The fraction of sp³-hybridized carbons (Fsp3) is 0.286. The summed E-state index contributed by atoms with van der Waals surface area (Å²) < 4.78 is 18.2. The molecule has 0 radical (unpaired) electrons. The maximum absolute atomic E-state index is 12.6. The van der Waals surface area contributed by atoms with E-state index in [1.807, 2.05) is 29.5 Å². The van der Waals surface area contributed by atoms with Gasteiger partial charge in [0.25, 0.3) is 0 Å². The molecule has 1 aromatic heterocycles. The molecule has 11 heavy (non-hydrogen) atoms. The second kappa shape index (κ2) is 3.85. The predicted molar refractivity (Wildman–Crippen MR) is 48.1 cm³/mol. The lowest BCUT2D eigenvalue weighted by Crippen LogP contribution is -1.95. The number of pyridine rings is 1. The van der Waals surface area contributed by atoms with Crippen molar-refractivity contribution in [3.63, 3.8) is 0 Å². The molecule has 0 aromatic carbocycles. The fourth-order valence-electron chi connectivity index (χ4n) is 0.623. The van der Waals surface area contributed by atoms with Gasteiger partial charge in [0.2, 0.25) is 5.88 Å². The first-order valence-corrected chi connectivity index (χ1v) is 4.25. The average Bonchev–Trinajstić information content (AvgIpc) is 1.98. The Morgan fingerprint density at radius 1 is 1.73 bits per heavy atom. The second-order valence-corrected chi connectivity index (χ2v) is 3.03. The Hall–Kier alpha value is -0.390. The van der Waals surface area contributed by atoms with E-state index in [9.17, 15) is 4.39 Å². The summed E-state index contributed by atoms with van der Waals surface area (Å²) in [5.74, 6) is 0.160. The monoisotopic (exact) mass is 267 g/mol. The molecule has 0 spiro atoms. The Labute approximate surface area is 77.9 Å². The Balaban J connectivity index is 2.86. The van der Waals surface area contributed by atoms with Crippen molar-refractivity contribution < 1.29 is 9.13 Å². The lowest BCUT2D eigenvalue weighted by molar-refractivity contribution is 0.325. The molecule has 2 nitrogen and oxygen atoms in total. The second-order valence-electron chi connectivity index (χ2n) is 1.87. The minimum absolute atomic E-state index is 0.311. The molecule has 0 saturated heterocycles. The van der Waals surface area contributed by atoms with Gasteiger partial charge in [-0.2, -0.15) is 0 Å². The maximum atomic E-state index is 12.6. The normalized spacial score (nSPS) is 9.73. The average molecular weight is 267 g/mol. The first-order valence-electron chi connectivity index (χ1n) is 3.18. The van der Waals surface area contributed by atoms with E-state index in [0.717, 1.165) is 6.20 Å². The van der Waals surface area contributed by atoms with Crippen LogP contribution >= 0.6 is 22.6 Å². The number of ether oxygens (including phenoxy) is 1. The van der Waals surface area contributed by atoms with Crippen LogP contribution in [0.4, 0.5) is 4.39 Å². The number of hydrogen-bond donors (Lipinski definition) is 0. The predicted octanol–water partition coefficient (Wildman–Crippen LogP) is 2.22. The van der Waals surface area contributed by atoms with Gasteiger partial charge in [-0.15, -0.1) is 0 Å². The Morgan fingerprint density at radius 3 is 3.00 bits per heavy atom. The molecule has 0 aliphatic carbocycles. The zero-order valence-corrected chi connectivity index (χ0v) is 8.13. The van der Waals surface area contributed by atoms with E-state index in [-0.39, 0.29) is 5.82 Å². The van der Waals surface area contributed by atoms with E-state index < -0.39 is 0 Å². The molecule has 0 unspecified atom stereocenters. The molecule has 0 aliphatic rings. The van der Waals surface area contributed by atoms with E-state index in [1.54, 1.807) is 6.07 Å². The highest BCUT2D eigenvalue weighted by molar-refractivity contribution is 14.1. The van der Waals surface area contributed by atoms with Crippen LogP contribution in [-0.4, -0.2) is 11.6 Å². The molecule has 1 heterocycles. The van der Waals surface area contributed by atoms with Crippen molar-refractivity contribution in [2.24, 2.45) is 0 Å². The summed E-state index contributed by atoms with van der Waals surface area (Å²) >= 11 is 1.89. The summed E-state index contributed by atoms with van der Waals surface area (Å²) in [6.45, 7) is 2.41. The molecule has 0 saturated carbocycles. The SMILES string of the molecule is CCOc1cc(I)c(F)cn1. The summed E-state index contributed by atoms with van der Waals surface area (Å²) in [5, 5.41) is 0. The van der Waals surface area contributed by atoms with Gasteiger partial charge in [0.05, 0.1) is 16.4 Å². The van der Waals surface area contributed by atoms with Crippen LogP contribution in [0.15, 0.2) is 12.3 Å². The van der Waals surface area contributed by atoms with Crippen molar-refractivity contribution in [3.05, 3.63) is 21.7 Å². The van der Waals surface area contributed by atoms with E-state index in [2.05, 4.69) is 4.98 Å². The highest BCUT2D eigenvalue weighted by Crippen LogP contribution is 2.14. The van der Waals surface area contributed by atoms with E-state index in [0.29, 0.717) is 16.1 Å². The van der Waals surface area contributed by atoms with E-state index >= 15 is 0 Å². The number of nitrogens with zero attached hydrogens (tertiary/aromatic N) is 1. The van der Waals surface area contributed by atoms with Gasteiger partial charge in [-0.3, -0.25) is 0 Å². The molecule has 0 N–H and O–H groups in total. The molecule has 60 valence electrons. The van der Waals surface area contributed by atoms with E-state index in [1.165, 1.54) is 0 Å². The number of hydrogen-bond acceptors (Lipinski definition) is 2. The molecule has 1 rings (SSSR count). The molecule has 0 aliphatic heterocycles. The number of rotatable bonds is 2. The molecule has 0 atom stereocenters. The summed E-state index contributed by atoms with van der Waals surface area (Å²) in [4.78, 5) is 3.73. The van der Waals surface area contributed by atoms with Crippen molar-refractivity contribution in [3.8, 4) is 5.88 Å². The van der Waals surface area contributed by atoms with Crippen LogP contribution in [0.25, 0.3) is 0 Å². The lowest BCUT2D eigenvalue weighted by Gasteiger charge is -2.01. The van der Waals surface area contributed by atoms with Gasteiger partial charge in [0, 0.05) is 6.07 Å². The Morgan fingerprint density at radius 2 is 2.45 bits per heavy atom. The Bertz CT molecular complexity index is 254. The Kier molecular flexibility index (Phi) is 3.04. The molecular weight excluding hydrogens is 260 g/mol. The standard InChI is InChI=1S/C7H7FINO/c1-2-11-7-3-6(9)5(8)4-10-7/h3-4H,2H2,1H3. The first kappa shape index (κ1) is 8.70. The highest BCUT2D eigenvalue weighted by Gasteiger charge is 2.00. The number of halogens is 2. The van der Waals surface area contributed by atoms with Crippen LogP contribution in [0.1, 0.15) is 6.92 Å². The van der Waals surface area contributed by atoms with Crippen molar-refractivity contribution in [1.29, 1.82) is 0 Å². The third-order valence-electron chi connectivity index (χ3n) is 1.08. The zero-order valence-electron chi connectivity index (χ0n) is 5.97. The van der Waals surface area contributed by atoms with Crippen LogP contribution in [0.5, 0.6) is 5.88 Å². The minimum Gasteiger partial charge on any atom is -0.478 e. The fourth-order valence-corrected chi connectivity index (χ4v) is 1.03. The van der Waals surface area contributed by atoms with Gasteiger partial charge in [-0.25, -0.2) is 9.37 Å². The van der Waals surface area contributed by atoms with Crippen molar-refractivity contribution in [2.75, 3.05) is 6.61 Å². The summed E-state index contributed by atoms with van der Waals surface area (Å²) in [7, 11) is 0. The molecule has 4 heteroatoms. The quantitative estimate of drug-likeness (QED) is 0.766. The number of aromatic nitrogens is 1. The van der Waals surface area contributed by atoms with Crippen molar-refractivity contribution in [1.82, 2.24) is 4.98 Å². The van der Waals surface area contributed by atoms with Gasteiger partial charge < -0.3 is 4.74 Å². The van der Waals surface area contributed by atoms with Crippen molar-refractivity contribution in [2.45, 2.75) is 6.92 Å². The van der Waals surface area contributed by atoms with Crippen LogP contribution in [0.2, 0.25) is 0 Å². The van der Waals surface area contributed by atoms with Gasteiger partial charge in [0.1, 0.15) is 0 Å². The van der Waals surface area contributed by atoms with Crippen LogP contribution in [0.3, 0.4) is 0 Å². The topological polar surface area (TPSA) is 22.1 Å². The third-order valence-corrected chi connectivity index (χ3v) is 1.90. The minimum atomic E-state index is -0.311. The van der Waals surface area contributed by atoms with Gasteiger partial charge in [-0.1, -0.05) is 0 Å². The highest BCUT2D eigenvalue weighted by atomic mass is 127. The first-order chi connectivity index (χ1) is 5.24. The van der Waals surface area contributed by atoms with Gasteiger partial charge in [0.15, 0.2) is 5.82 Å². The molecule has 0 amide bonds. The summed E-state index contributed by atoms with van der Waals surface area (Å²) in [6.07, 6.45) is 1.16. The van der Waals surface area contributed by atoms with E-state index in [4.69, 9.17) is 4.74 Å². The third kappa shape index (κ3) is 2.28. The van der Waals surface area contributed by atoms with Crippen LogP contribution < -0.4 is 4.74 Å². The molecular formula is C7H7FINO. The smallest absolute Gasteiger partial charge is 0.214 e. The zero-order chi connectivity index (χ0) is 8.27.